The Kier molecular flexibility index (Phi) is 4.42. The van der Waals surface area contributed by atoms with Gasteiger partial charge in [-0.3, -0.25) is 9.80 Å². The summed E-state index contributed by atoms with van der Waals surface area (Å²) < 4.78 is 5.54. The lowest BCUT2D eigenvalue weighted by atomic mass is 9.86. The predicted molar refractivity (Wildman–Crippen MR) is 70.1 cm³/mol. The lowest BCUT2D eigenvalue weighted by molar-refractivity contribution is 0.0494. The lowest BCUT2D eigenvalue weighted by Crippen LogP contribution is -2.55. The normalized spacial score (nSPS) is 36.5. The Balaban J connectivity index is 1.87. The van der Waals surface area contributed by atoms with Gasteiger partial charge in [-0.15, -0.1) is 0 Å². The fourth-order valence-corrected chi connectivity index (χ4v) is 3.16. The molecule has 2 aliphatic heterocycles. The highest BCUT2D eigenvalue weighted by Crippen LogP contribution is 2.29. The van der Waals surface area contributed by atoms with E-state index in [1.807, 2.05) is 0 Å². The monoisotopic (exact) mass is 241 g/mol. The van der Waals surface area contributed by atoms with Crippen LogP contribution in [0.3, 0.4) is 0 Å². The highest BCUT2D eigenvalue weighted by atomic mass is 16.5. The number of nitrogens with zero attached hydrogens (tertiary/aromatic N) is 2. The number of ether oxygens (including phenoxy) is 1. The minimum Gasteiger partial charge on any atom is -0.381 e. The van der Waals surface area contributed by atoms with Gasteiger partial charge in [0, 0.05) is 50.8 Å². The van der Waals surface area contributed by atoms with Crippen LogP contribution in [0.1, 0.15) is 20.3 Å². The van der Waals surface area contributed by atoms with E-state index >= 15 is 0 Å². The molecule has 0 saturated carbocycles. The van der Waals surface area contributed by atoms with Crippen molar-refractivity contribution in [1.82, 2.24) is 9.80 Å². The number of hydrogen-bond acceptors (Lipinski definition) is 4. The largest absolute Gasteiger partial charge is 0.381 e. The molecule has 2 heterocycles. The van der Waals surface area contributed by atoms with E-state index in [4.69, 9.17) is 10.5 Å². The minimum atomic E-state index is 0.230. The van der Waals surface area contributed by atoms with Gasteiger partial charge in [-0.1, -0.05) is 6.92 Å². The van der Waals surface area contributed by atoms with Crippen molar-refractivity contribution >= 4 is 0 Å². The molecule has 2 fully saturated rings. The molecule has 0 bridgehead atoms. The van der Waals surface area contributed by atoms with Gasteiger partial charge in [-0.25, -0.2) is 0 Å². The van der Waals surface area contributed by atoms with Crippen molar-refractivity contribution in [3.05, 3.63) is 0 Å². The first-order valence-electron chi connectivity index (χ1n) is 6.93. The smallest absolute Gasteiger partial charge is 0.0547 e. The van der Waals surface area contributed by atoms with Gasteiger partial charge in [0.05, 0.1) is 6.61 Å². The first-order valence-corrected chi connectivity index (χ1v) is 6.93. The topological polar surface area (TPSA) is 41.7 Å². The quantitative estimate of drug-likeness (QED) is 0.772. The highest BCUT2D eigenvalue weighted by molar-refractivity contribution is 4.90. The average molecular weight is 241 g/mol. The van der Waals surface area contributed by atoms with Crippen molar-refractivity contribution in [3.8, 4) is 0 Å². The molecule has 0 amide bonds. The maximum absolute atomic E-state index is 5.96. The summed E-state index contributed by atoms with van der Waals surface area (Å²) in [6.07, 6.45) is 1.13. The van der Waals surface area contributed by atoms with E-state index in [0.717, 1.165) is 32.7 Å². The summed E-state index contributed by atoms with van der Waals surface area (Å²) in [5.41, 5.74) is 6.19. The van der Waals surface area contributed by atoms with Crippen LogP contribution in [-0.2, 0) is 4.74 Å². The van der Waals surface area contributed by atoms with Crippen LogP contribution in [0.5, 0.6) is 0 Å². The van der Waals surface area contributed by atoms with Gasteiger partial charge in [-0.2, -0.15) is 0 Å². The van der Waals surface area contributed by atoms with E-state index in [-0.39, 0.29) is 5.41 Å². The van der Waals surface area contributed by atoms with E-state index in [1.54, 1.807) is 0 Å². The predicted octanol–water partition coefficient (Wildman–Crippen LogP) is 0.378. The van der Waals surface area contributed by atoms with Crippen molar-refractivity contribution in [2.75, 3.05) is 52.5 Å². The molecule has 2 aliphatic rings. The molecule has 0 aliphatic carbocycles. The van der Waals surface area contributed by atoms with Crippen LogP contribution in [-0.4, -0.2) is 68.3 Å². The van der Waals surface area contributed by atoms with E-state index in [9.17, 15) is 0 Å². The van der Waals surface area contributed by atoms with E-state index < -0.39 is 0 Å². The van der Waals surface area contributed by atoms with Gasteiger partial charge < -0.3 is 10.5 Å². The third-order valence-electron chi connectivity index (χ3n) is 4.43. The molecule has 0 aromatic heterocycles. The molecule has 4 nitrogen and oxygen atoms in total. The molecule has 2 unspecified atom stereocenters. The molecule has 2 saturated heterocycles. The lowest BCUT2D eigenvalue weighted by Gasteiger charge is -2.42. The summed E-state index contributed by atoms with van der Waals surface area (Å²) in [4.78, 5) is 5.13. The summed E-state index contributed by atoms with van der Waals surface area (Å²) in [5, 5.41) is 0. The molecule has 17 heavy (non-hydrogen) atoms. The number of hydrogen-bond donors (Lipinski definition) is 1. The van der Waals surface area contributed by atoms with E-state index in [1.165, 1.54) is 26.2 Å². The number of rotatable bonds is 4. The van der Waals surface area contributed by atoms with E-state index in [2.05, 4.69) is 23.6 Å². The second-order valence-electron chi connectivity index (χ2n) is 5.72. The molecule has 0 aromatic carbocycles. The first-order chi connectivity index (χ1) is 8.19. The minimum absolute atomic E-state index is 0.230. The van der Waals surface area contributed by atoms with Gasteiger partial charge >= 0.3 is 0 Å². The van der Waals surface area contributed by atoms with Crippen LogP contribution in [0.15, 0.2) is 0 Å². The van der Waals surface area contributed by atoms with Crippen LogP contribution in [0.2, 0.25) is 0 Å². The zero-order valence-electron chi connectivity index (χ0n) is 11.3. The first kappa shape index (κ1) is 13.3. The Hall–Kier alpha value is -0.160. The molecular formula is C13H27N3O. The molecule has 2 N–H and O–H groups in total. The maximum Gasteiger partial charge on any atom is 0.0547 e. The Morgan fingerprint density at radius 3 is 2.76 bits per heavy atom. The average Bonchev–Trinajstić information content (AvgIpc) is 2.79. The standard InChI is InChI=1S/C13H27N3O/c1-3-16-6-5-15(8-12(16)2)10-13(9-14)4-7-17-11-13/h12H,3-11,14H2,1-2H3. The SMILES string of the molecule is CCN1CCN(CC2(CN)CCOC2)CC1C. The summed E-state index contributed by atoms with van der Waals surface area (Å²) in [7, 11) is 0. The van der Waals surface area contributed by atoms with Crippen LogP contribution in [0.4, 0.5) is 0 Å². The molecule has 2 atom stereocenters. The fraction of sp³-hybridized carbons (Fsp3) is 1.00. The molecule has 0 radical (unpaired) electrons. The number of piperazine rings is 1. The molecule has 100 valence electrons. The van der Waals surface area contributed by atoms with Gasteiger partial charge in [-0.05, 0) is 19.9 Å². The summed E-state index contributed by atoms with van der Waals surface area (Å²) in [6, 6.07) is 0.672. The second-order valence-corrected chi connectivity index (χ2v) is 5.72. The third kappa shape index (κ3) is 2.99. The molecule has 0 aromatic rings. The second kappa shape index (κ2) is 5.65. The highest BCUT2D eigenvalue weighted by Gasteiger charge is 2.36. The zero-order valence-corrected chi connectivity index (χ0v) is 11.3. The van der Waals surface area contributed by atoms with Gasteiger partial charge in [0.15, 0.2) is 0 Å². The van der Waals surface area contributed by atoms with Gasteiger partial charge in [0.2, 0.25) is 0 Å². The maximum atomic E-state index is 5.96. The van der Waals surface area contributed by atoms with E-state index in [0.29, 0.717) is 6.04 Å². The van der Waals surface area contributed by atoms with Crippen LogP contribution < -0.4 is 5.73 Å². The van der Waals surface area contributed by atoms with Crippen LogP contribution in [0, 0.1) is 5.41 Å². The Morgan fingerprint density at radius 2 is 2.24 bits per heavy atom. The van der Waals surface area contributed by atoms with Crippen molar-refractivity contribution in [2.24, 2.45) is 11.1 Å². The Labute approximate surface area is 105 Å². The number of nitrogens with two attached hydrogens (primary N) is 1. The summed E-state index contributed by atoms with van der Waals surface area (Å²) in [5.74, 6) is 0. The van der Waals surface area contributed by atoms with Crippen molar-refractivity contribution < 1.29 is 4.74 Å². The van der Waals surface area contributed by atoms with Crippen molar-refractivity contribution in [3.63, 3.8) is 0 Å². The van der Waals surface area contributed by atoms with Gasteiger partial charge in [0.25, 0.3) is 0 Å². The third-order valence-corrected chi connectivity index (χ3v) is 4.43. The summed E-state index contributed by atoms with van der Waals surface area (Å²) >= 11 is 0. The van der Waals surface area contributed by atoms with Crippen LogP contribution >= 0.6 is 0 Å². The van der Waals surface area contributed by atoms with Gasteiger partial charge in [0.1, 0.15) is 0 Å². The number of likely N-dealkylation sites (N-methyl/N-ethyl adjacent to an activating group) is 1. The molecule has 2 rings (SSSR count). The molecular weight excluding hydrogens is 214 g/mol. The Bertz CT molecular complexity index is 241. The Morgan fingerprint density at radius 1 is 1.41 bits per heavy atom. The molecule has 4 heteroatoms. The zero-order chi connectivity index (χ0) is 12.3. The van der Waals surface area contributed by atoms with Crippen LogP contribution in [0.25, 0.3) is 0 Å². The van der Waals surface area contributed by atoms with Crippen molar-refractivity contribution in [1.29, 1.82) is 0 Å². The fourth-order valence-electron chi connectivity index (χ4n) is 3.16. The summed E-state index contributed by atoms with van der Waals surface area (Å²) in [6.45, 7) is 12.9. The van der Waals surface area contributed by atoms with Crippen molar-refractivity contribution in [2.45, 2.75) is 26.3 Å². The molecule has 0 spiro atoms.